The van der Waals surface area contributed by atoms with Gasteiger partial charge in [-0.05, 0) is 42.5 Å². The molecule has 23 heavy (non-hydrogen) atoms. The lowest BCUT2D eigenvalue weighted by Crippen LogP contribution is -1.91. The molecule has 2 aromatic carbocycles. The van der Waals surface area contributed by atoms with Crippen LogP contribution in [-0.4, -0.2) is 12.1 Å². The van der Waals surface area contributed by atoms with E-state index in [2.05, 4.69) is 10.3 Å². The number of methoxy groups -OCH3 is 1. The number of oxazole rings is 1. The fraction of sp³-hybridized carbons (Fsp3) is 0.0588. The second-order valence-electron chi connectivity index (χ2n) is 4.67. The second kappa shape index (κ2) is 6.42. The maximum atomic E-state index is 9.23. The predicted molar refractivity (Wildman–Crippen MR) is 87.9 cm³/mol. The van der Waals surface area contributed by atoms with Gasteiger partial charge in [0.05, 0.1) is 7.11 Å². The van der Waals surface area contributed by atoms with Crippen LogP contribution >= 0.6 is 11.6 Å². The van der Waals surface area contributed by atoms with Crippen LogP contribution in [0.5, 0.6) is 5.75 Å². The van der Waals surface area contributed by atoms with E-state index in [0.717, 1.165) is 11.4 Å². The molecular formula is C17H12ClN3O2. The van der Waals surface area contributed by atoms with E-state index in [4.69, 9.17) is 20.8 Å². The number of nitrogens with one attached hydrogen (secondary N) is 1. The number of rotatable bonds is 4. The Morgan fingerprint density at radius 1 is 1.22 bits per heavy atom. The lowest BCUT2D eigenvalue weighted by molar-refractivity contribution is 0.415. The number of nitriles is 1. The van der Waals surface area contributed by atoms with Crippen LogP contribution in [0.4, 0.5) is 11.6 Å². The van der Waals surface area contributed by atoms with Crippen molar-refractivity contribution < 1.29 is 9.15 Å². The molecule has 0 bridgehead atoms. The molecule has 3 aromatic rings. The van der Waals surface area contributed by atoms with Crippen LogP contribution in [-0.2, 0) is 0 Å². The Labute approximate surface area is 138 Å². The number of ether oxygens (including phenoxy) is 1. The van der Waals surface area contributed by atoms with E-state index in [1.54, 1.807) is 25.3 Å². The Morgan fingerprint density at radius 2 is 2.00 bits per heavy atom. The first-order valence-corrected chi connectivity index (χ1v) is 7.15. The molecule has 0 aliphatic rings. The summed E-state index contributed by atoms with van der Waals surface area (Å²) in [6.45, 7) is 0. The van der Waals surface area contributed by atoms with Crippen molar-refractivity contribution in [2.45, 2.75) is 0 Å². The Bertz CT molecular complexity index is 866. The largest absolute Gasteiger partial charge is 0.497 e. The molecule has 1 aromatic heterocycles. The van der Waals surface area contributed by atoms with Crippen LogP contribution in [0.25, 0.3) is 11.5 Å². The van der Waals surface area contributed by atoms with Crippen molar-refractivity contribution in [2.24, 2.45) is 0 Å². The third kappa shape index (κ3) is 3.28. The number of anilines is 2. The van der Waals surface area contributed by atoms with E-state index >= 15 is 0 Å². The van der Waals surface area contributed by atoms with Gasteiger partial charge in [0.2, 0.25) is 17.5 Å². The molecule has 0 unspecified atom stereocenters. The number of hydrogen-bond donors (Lipinski definition) is 1. The van der Waals surface area contributed by atoms with Crippen molar-refractivity contribution in [3.8, 4) is 23.3 Å². The van der Waals surface area contributed by atoms with Crippen molar-refractivity contribution in [1.82, 2.24) is 4.98 Å². The molecule has 0 radical (unpaired) electrons. The van der Waals surface area contributed by atoms with Crippen molar-refractivity contribution in [3.63, 3.8) is 0 Å². The number of halogens is 1. The minimum atomic E-state index is 0.177. The smallest absolute Gasteiger partial charge is 0.236 e. The van der Waals surface area contributed by atoms with Crippen molar-refractivity contribution >= 4 is 23.2 Å². The Balaban J connectivity index is 1.91. The van der Waals surface area contributed by atoms with Crippen LogP contribution in [0.1, 0.15) is 5.69 Å². The summed E-state index contributed by atoms with van der Waals surface area (Å²) in [5, 5.41) is 12.8. The molecule has 0 aliphatic heterocycles. The molecule has 114 valence electrons. The molecule has 0 saturated carbocycles. The molecule has 6 heteroatoms. The lowest BCUT2D eigenvalue weighted by Gasteiger charge is -2.04. The summed E-state index contributed by atoms with van der Waals surface area (Å²) in [5.74, 6) is 1.36. The standard InChI is InChI=1S/C17H12ClN3O2/c1-22-14-7-5-13(6-8-14)20-17-15(10-19)21-16(23-17)11-3-2-4-12(18)9-11/h2-9,20H,1H3. The van der Waals surface area contributed by atoms with Gasteiger partial charge in [-0.2, -0.15) is 10.2 Å². The van der Waals surface area contributed by atoms with Crippen LogP contribution in [0, 0.1) is 11.3 Å². The van der Waals surface area contributed by atoms with Gasteiger partial charge >= 0.3 is 0 Å². The summed E-state index contributed by atoms with van der Waals surface area (Å²) in [7, 11) is 1.60. The van der Waals surface area contributed by atoms with Gasteiger partial charge in [-0.1, -0.05) is 17.7 Å². The summed E-state index contributed by atoms with van der Waals surface area (Å²) in [4.78, 5) is 4.20. The molecule has 0 aliphatic carbocycles. The molecule has 3 rings (SSSR count). The summed E-state index contributed by atoms with van der Waals surface area (Å²) in [5.41, 5.74) is 1.64. The van der Waals surface area contributed by atoms with Crippen molar-refractivity contribution in [1.29, 1.82) is 5.26 Å². The summed E-state index contributed by atoms with van der Waals surface area (Å²) >= 11 is 5.97. The fourth-order valence-corrected chi connectivity index (χ4v) is 2.22. The number of aromatic nitrogens is 1. The highest BCUT2D eigenvalue weighted by molar-refractivity contribution is 6.30. The summed E-state index contributed by atoms with van der Waals surface area (Å²) in [6.07, 6.45) is 0. The number of benzene rings is 2. The predicted octanol–water partition coefficient (Wildman–Crippen LogP) is 4.62. The highest BCUT2D eigenvalue weighted by atomic mass is 35.5. The SMILES string of the molecule is COc1ccc(Nc2oc(-c3cccc(Cl)c3)nc2C#N)cc1. The maximum Gasteiger partial charge on any atom is 0.236 e. The van der Waals surface area contributed by atoms with Crippen molar-refractivity contribution in [2.75, 3.05) is 12.4 Å². The third-order valence-electron chi connectivity index (χ3n) is 3.15. The zero-order valence-electron chi connectivity index (χ0n) is 12.2. The van der Waals surface area contributed by atoms with Crippen LogP contribution in [0.15, 0.2) is 52.9 Å². The minimum absolute atomic E-state index is 0.177. The van der Waals surface area contributed by atoms with E-state index in [9.17, 15) is 5.26 Å². The van der Waals surface area contributed by atoms with Gasteiger partial charge in [-0.15, -0.1) is 0 Å². The Kier molecular flexibility index (Phi) is 4.18. The zero-order valence-corrected chi connectivity index (χ0v) is 13.0. The molecule has 0 atom stereocenters. The average Bonchev–Trinajstić information content (AvgIpc) is 2.98. The quantitative estimate of drug-likeness (QED) is 0.757. The van der Waals surface area contributed by atoms with Gasteiger partial charge < -0.3 is 14.5 Å². The van der Waals surface area contributed by atoms with Crippen molar-refractivity contribution in [3.05, 3.63) is 59.2 Å². The first-order valence-electron chi connectivity index (χ1n) is 6.77. The van der Waals surface area contributed by atoms with Gasteiger partial charge in [-0.3, -0.25) is 0 Å². The van der Waals surface area contributed by atoms with E-state index in [0.29, 0.717) is 16.5 Å². The lowest BCUT2D eigenvalue weighted by atomic mass is 10.2. The van der Waals surface area contributed by atoms with Gasteiger partial charge in [-0.25, -0.2) is 0 Å². The molecule has 0 amide bonds. The van der Waals surface area contributed by atoms with Gasteiger partial charge in [0.1, 0.15) is 11.8 Å². The zero-order chi connectivity index (χ0) is 16.2. The van der Waals surface area contributed by atoms with Crippen LogP contribution < -0.4 is 10.1 Å². The van der Waals surface area contributed by atoms with E-state index in [-0.39, 0.29) is 11.6 Å². The normalized spacial score (nSPS) is 10.1. The molecular weight excluding hydrogens is 314 g/mol. The number of hydrogen-bond acceptors (Lipinski definition) is 5. The van der Waals surface area contributed by atoms with E-state index in [1.165, 1.54) is 0 Å². The summed E-state index contributed by atoms with van der Waals surface area (Å²) in [6, 6.07) is 16.4. The molecule has 1 N–H and O–H groups in total. The Morgan fingerprint density at radius 3 is 2.65 bits per heavy atom. The number of nitrogens with zero attached hydrogens (tertiary/aromatic N) is 2. The van der Waals surface area contributed by atoms with E-state index in [1.807, 2.05) is 36.4 Å². The van der Waals surface area contributed by atoms with Crippen LogP contribution in [0.2, 0.25) is 5.02 Å². The second-order valence-corrected chi connectivity index (χ2v) is 5.11. The molecule has 0 spiro atoms. The monoisotopic (exact) mass is 325 g/mol. The van der Waals surface area contributed by atoms with Gasteiger partial charge in [0, 0.05) is 16.3 Å². The van der Waals surface area contributed by atoms with Gasteiger partial charge in [0.25, 0.3) is 0 Å². The van der Waals surface area contributed by atoms with Crippen LogP contribution in [0.3, 0.4) is 0 Å². The molecule has 0 saturated heterocycles. The van der Waals surface area contributed by atoms with Gasteiger partial charge in [0.15, 0.2) is 0 Å². The fourth-order valence-electron chi connectivity index (χ4n) is 2.03. The van der Waals surface area contributed by atoms with E-state index < -0.39 is 0 Å². The first-order chi connectivity index (χ1) is 11.2. The summed E-state index contributed by atoms with van der Waals surface area (Å²) < 4.78 is 10.8. The third-order valence-corrected chi connectivity index (χ3v) is 3.39. The topological polar surface area (TPSA) is 71.1 Å². The minimum Gasteiger partial charge on any atom is -0.497 e. The highest BCUT2D eigenvalue weighted by Gasteiger charge is 2.15. The maximum absolute atomic E-state index is 9.23. The highest BCUT2D eigenvalue weighted by Crippen LogP contribution is 2.29. The Hall–Kier alpha value is -2.97. The first kappa shape index (κ1) is 14.9. The molecule has 5 nitrogen and oxygen atoms in total. The molecule has 1 heterocycles. The molecule has 0 fully saturated rings. The average molecular weight is 326 g/mol.